The fourth-order valence-electron chi connectivity index (χ4n) is 1.87. The molecule has 19 heteroatoms. The van der Waals surface area contributed by atoms with Crippen LogP contribution in [0.15, 0.2) is 60.7 Å². The van der Waals surface area contributed by atoms with Gasteiger partial charge in [-0.05, 0) is 0 Å². The van der Waals surface area contributed by atoms with Gasteiger partial charge in [0, 0.05) is 0 Å². The second-order valence-corrected chi connectivity index (χ2v) is 15.9. The van der Waals surface area contributed by atoms with Crippen molar-refractivity contribution in [2.24, 2.45) is 0 Å². The summed E-state index contributed by atoms with van der Waals surface area (Å²) in [6.45, 7) is 0. The van der Waals surface area contributed by atoms with E-state index in [2.05, 4.69) is 60.7 Å². The molecule has 0 N–H and O–H groups in total. The van der Waals surface area contributed by atoms with Crippen molar-refractivity contribution in [2.75, 3.05) is 0 Å². The number of hydrogen-bond donors (Lipinski definition) is 0. The molecule has 0 unspecified atom stereocenters. The van der Waals surface area contributed by atoms with E-state index >= 15 is 0 Å². The van der Waals surface area contributed by atoms with Crippen molar-refractivity contribution in [2.45, 2.75) is 16.5 Å². The van der Waals surface area contributed by atoms with E-state index in [0.29, 0.717) is 0 Å². The van der Waals surface area contributed by atoms with E-state index in [-0.39, 0.29) is 21.6 Å². The first-order valence-electron chi connectivity index (χ1n) is 8.19. The maximum absolute atomic E-state index is 12.0. The Morgan fingerprint density at radius 1 is 0.486 bits per heavy atom. The summed E-state index contributed by atoms with van der Waals surface area (Å²) in [5.74, 6) is 0. The van der Waals surface area contributed by atoms with Crippen LogP contribution in [0, 0.1) is 3.91 Å². The van der Waals surface area contributed by atoms with Crippen molar-refractivity contribution >= 4 is 58.1 Å². The quantitative estimate of drug-likeness (QED) is 0.272. The zero-order valence-electron chi connectivity index (χ0n) is 16.3. The summed E-state index contributed by atoms with van der Waals surface area (Å²) >= 11 is -0.335. The predicted octanol–water partition coefficient (Wildman–Crippen LogP) is 2.58. The van der Waals surface area contributed by atoms with Crippen molar-refractivity contribution in [1.29, 1.82) is 0 Å². The molecular weight excluding hydrogens is 677 g/mol. The van der Waals surface area contributed by atoms with Gasteiger partial charge in [-0.2, -0.15) is 39.5 Å². The SMILES string of the molecule is O=S(=O)([C-](S(=O)(=O)C(F)(F)F)S(=O)(=O)C(F)(F)F)C(F)(F)F.c1cc[c]([Sb+][c]2ccccc2)cc1. The van der Waals surface area contributed by atoms with Crippen LogP contribution in [0.2, 0.25) is 0 Å². The molecule has 0 spiro atoms. The van der Waals surface area contributed by atoms with Crippen molar-refractivity contribution in [3.63, 3.8) is 0 Å². The van der Waals surface area contributed by atoms with Gasteiger partial charge in [-0.1, -0.05) is 0 Å². The van der Waals surface area contributed by atoms with Gasteiger partial charge in [-0.3, -0.25) is 25.3 Å². The number of halogens is 9. The molecule has 35 heavy (non-hydrogen) atoms. The molecule has 0 saturated carbocycles. The Morgan fingerprint density at radius 3 is 0.914 bits per heavy atom. The van der Waals surface area contributed by atoms with E-state index in [4.69, 9.17) is 0 Å². The van der Waals surface area contributed by atoms with Gasteiger partial charge in [0.2, 0.25) is 0 Å². The zero-order chi connectivity index (χ0) is 27.5. The molecule has 2 aromatic carbocycles. The van der Waals surface area contributed by atoms with Crippen molar-refractivity contribution in [3.8, 4) is 0 Å². The molecule has 0 aliphatic carbocycles. The van der Waals surface area contributed by atoms with Crippen LogP contribution in [0.3, 0.4) is 0 Å². The first-order valence-corrected chi connectivity index (χ1v) is 15.2. The summed E-state index contributed by atoms with van der Waals surface area (Å²) in [4.78, 5) is 0. The molecule has 196 valence electrons. The average molecular weight is 687 g/mol. The number of sulfone groups is 3. The van der Waals surface area contributed by atoms with E-state index in [1.807, 2.05) is 0 Å². The molecule has 2 rings (SSSR count). The third-order valence-electron chi connectivity index (χ3n) is 3.34. The third kappa shape index (κ3) is 7.49. The molecular formula is C16H10F9O6S3Sb. The molecule has 0 saturated heterocycles. The van der Waals surface area contributed by atoms with Gasteiger partial charge in [0.15, 0.2) is 29.5 Å². The van der Waals surface area contributed by atoms with Crippen molar-refractivity contribution in [3.05, 3.63) is 64.6 Å². The van der Waals surface area contributed by atoms with E-state index in [9.17, 15) is 64.8 Å². The molecule has 0 fully saturated rings. The van der Waals surface area contributed by atoms with E-state index in [1.165, 1.54) is 7.02 Å². The summed E-state index contributed by atoms with van der Waals surface area (Å²) in [5.41, 5.74) is -21.2. The monoisotopic (exact) mass is 686 g/mol. The van der Waals surface area contributed by atoms with Gasteiger partial charge in [0.05, 0.1) is 3.91 Å². The molecule has 2 aromatic rings. The van der Waals surface area contributed by atoms with Crippen LogP contribution in [-0.4, -0.2) is 63.4 Å². The second kappa shape index (κ2) is 10.8. The molecule has 0 bridgehead atoms. The zero-order valence-corrected chi connectivity index (χ0v) is 21.3. The Balaban J connectivity index is 0.000000394. The summed E-state index contributed by atoms with van der Waals surface area (Å²) in [5, 5.41) is 0. The van der Waals surface area contributed by atoms with E-state index in [0.717, 1.165) is 0 Å². The minimum absolute atomic E-state index is 0.335. The van der Waals surface area contributed by atoms with Gasteiger partial charge in [0.25, 0.3) is 0 Å². The molecule has 2 radical (unpaired) electrons. The van der Waals surface area contributed by atoms with Gasteiger partial charge in [0.1, 0.15) is 0 Å². The van der Waals surface area contributed by atoms with Gasteiger partial charge < -0.3 is 0 Å². The van der Waals surface area contributed by atoms with Crippen molar-refractivity contribution in [1.82, 2.24) is 0 Å². The van der Waals surface area contributed by atoms with E-state index in [1.54, 1.807) is 0 Å². The Labute approximate surface area is 203 Å². The number of benzene rings is 2. The summed E-state index contributed by atoms with van der Waals surface area (Å²) < 4.78 is 170. The van der Waals surface area contributed by atoms with Crippen LogP contribution in [0.4, 0.5) is 39.5 Å². The molecule has 0 aliphatic rings. The van der Waals surface area contributed by atoms with Gasteiger partial charge in [-0.15, -0.1) is 0 Å². The van der Waals surface area contributed by atoms with Crippen LogP contribution >= 0.6 is 0 Å². The molecule has 6 nitrogen and oxygen atoms in total. The van der Waals surface area contributed by atoms with Crippen LogP contribution in [0.1, 0.15) is 0 Å². The minimum atomic E-state index is -8.02. The molecule has 0 atom stereocenters. The van der Waals surface area contributed by atoms with Gasteiger partial charge in [-0.25, -0.2) is 0 Å². The predicted molar refractivity (Wildman–Crippen MR) is 106 cm³/mol. The summed E-state index contributed by atoms with van der Waals surface area (Å²) in [6, 6.07) is 21.5. The van der Waals surface area contributed by atoms with Crippen LogP contribution in [-0.2, 0) is 29.5 Å². The fourth-order valence-corrected chi connectivity index (χ4v) is 10.3. The first-order chi connectivity index (χ1) is 15.6. The maximum atomic E-state index is 12.0. The average Bonchev–Trinajstić information content (AvgIpc) is 2.67. The fraction of sp³-hybridized carbons (Fsp3) is 0.188. The Hall–Kier alpha value is -1.52. The third-order valence-corrected chi connectivity index (χ3v) is 13.6. The Morgan fingerprint density at radius 2 is 0.714 bits per heavy atom. The molecule has 0 aromatic heterocycles. The first kappa shape index (κ1) is 31.5. The van der Waals surface area contributed by atoms with Crippen LogP contribution in [0.25, 0.3) is 0 Å². The number of hydrogen-bond acceptors (Lipinski definition) is 6. The second-order valence-electron chi connectivity index (χ2n) is 5.88. The van der Waals surface area contributed by atoms with E-state index < -0.39 is 50.0 Å². The normalized spacial score (nSPS) is 13.8. The van der Waals surface area contributed by atoms with Crippen LogP contribution in [0.5, 0.6) is 0 Å². The number of rotatable bonds is 5. The summed E-state index contributed by atoms with van der Waals surface area (Å²) in [7, 11) is -24.1. The standard InChI is InChI=1S/2C6H5.C4F9O6S3.Sb/c2*1-2-4-6-5-3-1;5-2(6,7)20(14,15)1(21(16,17)3(8,9)10)22(18,19)4(11,12)13;/h2*1-5H;;/q;;-1;+1. The molecule has 0 heterocycles. The van der Waals surface area contributed by atoms with Crippen molar-refractivity contribution < 1.29 is 64.8 Å². The number of alkyl halides is 9. The topological polar surface area (TPSA) is 102 Å². The molecule has 0 amide bonds. The Kier molecular flexibility index (Phi) is 9.76. The van der Waals surface area contributed by atoms with Crippen LogP contribution < -0.4 is 7.02 Å². The molecule has 0 aliphatic heterocycles. The summed E-state index contributed by atoms with van der Waals surface area (Å²) in [6.07, 6.45) is 0. The Bertz CT molecular complexity index is 1160. The van der Waals surface area contributed by atoms with Gasteiger partial charge >= 0.3 is 106 Å².